The van der Waals surface area contributed by atoms with Crippen molar-refractivity contribution in [3.05, 3.63) is 89.2 Å². The molecule has 0 saturated heterocycles. The Kier molecular flexibility index (Phi) is 8.13. The Morgan fingerprint density at radius 2 is 1.67 bits per heavy atom. The second-order valence-corrected chi connectivity index (χ2v) is 6.88. The van der Waals surface area contributed by atoms with Gasteiger partial charge in [-0.1, -0.05) is 6.92 Å². The number of carbonyl (C=O) groups excluding carboxylic acids is 2. The monoisotopic (exact) mass is 450 g/mol. The zero-order valence-corrected chi connectivity index (χ0v) is 18.2. The number of nitrogens with zero attached hydrogens (tertiary/aromatic N) is 1. The minimum atomic E-state index is -0.539. The van der Waals surface area contributed by atoms with Crippen molar-refractivity contribution in [2.75, 3.05) is 13.7 Å². The molecule has 0 unspecified atom stereocenters. The molecule has 1 amide bonds. The lowest BCUT2D eigenvalue weighted by Gasteiger charge is -2.10. The SMILES string of the molecule is CCCOc1ccc(C(=O)Oc2ccc(/C=N/NC(=O)c3ccc(F)cc3)cc2OC)cc1. The first kappa shape index (κ1) is 23.5. The van der Waals surface area contributed by atoms with Gasteiger partial charge in [0.25, 0.3) is 5.91 Å². The molecule has 3 aromatic carbocycles. The van der Waals surface area contributed by atoms with Gasteiger partial charge in [-0.3, -0.25) is 4.79 Å². The van der Waals surface area contributed by atoms with Crippen molar-refractivity contribution in [2.45, 2.75) is 13.3 Å². The Bertz CT molecular complexity index is 1130. The van der Waals surface area contributed by atoms with E-state index in [0.29, 0.717) is 29.2 Å². The van der Waals surface area contributed by atoms with Gasteiger partial charge < -0.3 is 14.2 Å². The first-order valence-electron chi connectivity index (χ1n) is 10.2. The molecule has 0 bridgehead atoms. The summed E-state index contributed by atoms with van der Waals surface area (Å²) in [4.78, 5) is 24.5. The van der Waals surface area contributed by atoms with Crippen molar-refractivity contribution < 1.29 is 28.2 Å². The molecule has 1 N–H and O–H groups in total. The summed E-state index contributed by atoms with van der Waals surface area (Å²) in [6.45, 7) is 2.62. The van der Waals surface area contributed by atoms with E-state index >= 15 is 0 Å². The number of hydrazone groups is 1. The van der Waals surface area contributed by atoms with Crippen LogP contribution in [0.4, 0.5) is 4.39 Å². The summed E-state index contributed by atoms with van der Waals surface area (Å²) in [5.41, 5.74) is 3.61. The lowest BCUT2D eigenvalue weighted by molar-refractivity contribution is 0.0729. The molecule has 0 heterocycles. The summed E-state index contributed by atoms with van der Waals surface area (Å²) in [5.74, 6) is -0.207. The van der Waals surface area contributed by atoms with E-state index in [1.54, 1.807) is 42.5 Å². The number of hydrogen-bond acceptors (Lipinski definition) is 6. The lowest BCUT2D eigenvalue weighted by atomic mass is 10.2. The number of nitrogens with one attached hydrogen (secondary N) is 1. The lowest BCUT2D eigenvalue weighted by Crippen LogP contribution is -2.17. The van der Waals surface area contributed by atoms with Crippen LogP contribution in [-0.2, 0) is 0 Å². The average Bonchev–Trinajstić information content (AvgIpc) is 2.84. The van der Waals surface area contributed by atoms with Gasteiger partial charge in [-0.05, 0) is 78.7 Å². The van der Waals surface area contributed by atoms with E-state index in [1.165, 1.54) is 37.6 Å². The van der Waals surface area contributed by atoms with Crippen molar-refractivity contribution in [3.8, 4) is 17.2 Å². The first-order chi connectivity index (χ1) is 16.0. The van der Waals surface area contributed by atoms with Crippen LogP contribution in [0, 0.1) is 5.82 Å². The third-order valence-electron chi connectivity index (χ3n) is 4.44. The number of carbonyl (C=O) groups is 2. The fourth-order valence-corrected chi connectivity index (χ4v) is 2.75. The van der Waals surface area contributed by atoms with Crippen molar-refractivity contribution in [2.24, 2.45) is 5.10 Å². The van der Waals surface area contributed by atoms with Gasteiger partial charge in [0.2, 0.25) is 0 Å². The van der Waals surface area contributed by atoms with Gasteiger partial charge >= 0.3 is 5.97 Å². The standard InChI is InChI=1S/C25H23FN2O5/c1-3-14-32-21-11-7-19(8-12-21)25(30)33-22-13-4-17(15-23(22)31-2)16-27-28-24(29)18-5-9-20(26)10-6-18/h4-13,15-16H,3,14H2,1-2H3,(H,28,29)/b27-16+. The zero-order valence-electron chi connectivity index (χ0n) is 18.2. The summed E-state index contributed by atoms with van der Waals surface area (Å²) in [5, 5.41) is 3.89. The maximum Gasteiger partial charge on any atom is 0.343 e. The van der Waals surface area contributed by atoms with Gasteiger partial charge in [0.05, 0.1) is 25.5 Å². The Labute approximate surface area is 190 Å². The predicted molar refractivity (Wildman–Crippen MR) is 122 cm³/mol. The molecule has 0 spiro atoms. The van der Waals surface area contributed by atoms with Crippen LogP contribution < -0.4 is 19.6 Å². The molecule has 0 aromatic heterocycles. The zero-order chi connectivity index (χ0) is 23.6. The molecule has 7 nitrogen and oxygen atoms in total. The normalized spacial score (nSPS) is 10.6. The first-order valence-corrected chi connectivity index (χ1v) is 10.2. The number of rotatable bonds is 9. The second-order valence-electron chi connectivity index (χ2n) is 6.88. The molecule has 0 atom stereocenters. The molecule has 0 fully saturated rings. The van der Waals surface area contributed by atoms with Crippen molar-refractivity contribution in [1.82, 2.24) is 5.43 Å². The maximum absolute atomic E-state index is 13.0. The van der Waals surface area contributed by atoms with Gasteiger partial charge in [-0.2, -0.15) is 5.10 Å². The Morgan fingerprint density at radius 1 is 0.970 bits per heavy atom. The highest BCUT2D eigenvalue weighted by molar-refractivity contribution is 5.95. The molecule has 3 aromatic rings. The van der Waals surface area contributed by atoms with E-state index in [4.69, 9.17) is 14.2 Å². The summed E-state index contributed by atoms with van der Waals surface area (Å²) >= 11 is 0. The molecular weight excluding hydrogens is 427 g/mol. The van der Waals surface area contributed by atoms with Crippen molar-refractivity contribution in [3.63, 3.8) is 0 Å². The fourth-order valence-electron chi connectivity index (χ4n) is 2.75. The van der Waals surface area contributed by atoms with E-state index in [0.717, 1.165) is 6.42 Å². The average molecular weight is 450 g/mol. The summed E-state index contributed by atoms with van der Waals surface area (Å²) in [6, 6.07) is 16.6. The molecule has 3 rings (SSSR count). The molecule has 8 heteroatoms. The Morgan fingerprint density at radius 3 is 2.33 bits per heavy atom. The molecule has 0 aliphatic rings. The van der Waals surface area contributed by atoms with Crippen LogP contribution in [-0.4, -0.2) is 31.8 Å². The third-order valence-corrected chi connectivity index (χ3v) is 4.44. The van der Waals surface area contributed by atoms with Crippen LogP contribution in [0.1, 0.15) is 39.6 Å². The van der Waals surface area contributed by atoms with Crippen LogP contribution in [0.3, 0.4) is 0 Å². The van der Waals surface area contributed by atoms with E-state index in [1.807, 2.05) is 6.92 Å². The van der Waals surface area contributed by atoms with Gasteiger partial charge in [0.1, 0.15) is 11.6 Å². The number of benzene rings is 3. The number of ether oxygens (including phenoxy) is 3. The number of esters is 1. The highest BCUT2D eigenvalue weighted by atomic mass is 19.1. The highest BCUT2D eigenvalue weighted by Crippen LogP contribution is 2.28. The summed E-state index contributed by atoms with van der Waals surface area (Å²) < 4.78 is 29.2. The smallest absolute Gasteiger partial charge is 0.343 e. The maximum atomic E-state index is 13.0. The van der Waals surface area contributed by atoms with Crippen LogP contribution >= 0.6 is 0 Å². The molecule has 0 aliphatic carbocycles. The van der Waals surface area contributed by atoms with E-state index in [2.05, 4.69) is 10.5 Å². The number of methoxy groups -OCH3 is 1. The molecule has 0 radical (unpaired) electrons. The number of hydrogen-bond donors (Lipinski definition) is 1. The highest BCUT2D eigenvalue weighted by Gasteiger charge is 2.13. The van der Waals surface area contributed by atoms with Crippen LogP contribution in [0.2, 0.25) is 0 Å². The summed E-state index contributed by atoms with van der Waals surface area (Å²) in [6.07, 6.45) is 2.30. The van der Waals surface area contributed by atoms with Crippen LogP contribution in [0.5, 0.6) is 17.2 Å². The molecular formula is C25H23FN2O5. The Hall–Kier alpha value is -4.20. The predicted octanol–water partition coefficient (Wildman–Crippen LogP) is 4.61. The molecule has 0 saturated carbocycles. The van der Waals surface area contributed by atoms with E-state index in [9.17, 15) is 14.0 Å². The minimum absolute atomic E-state index is 0.237. The van der Waals surface area contributed by atoms with Crippen molar-refractivity contribution >= 4 is 18.1 Å². The Balaban J connectivity index is 1.62. The van der Waals surface area contributed by atoms with Gasteiger partial charge in [0, 0.05) is 5.56 Å². The largest absolute Gasteiger partial charge is 0.494 e. The molecule has 0 aliphatic heterocycles. The number of amides is 1. The van der Waals surface area contributed by atoms with E-state index < -0.39 is 17.7 Å². The van der Waals surface area contributed by atoms with Gasteiger partial charge in [-0.25, -0.2) is 14.6 Å². The van der Waals surface area contributed by atoms with Gasteiger partial charge in [-0.15, -0.1) is 0 Å². The van der Waals surface area contributed by atoms with Crippen molar-refractivity contribution in [1.29, 1.82) is 0 Å². The third kappa shape index (κ3) is 6.64. The van der Waals surface area contributed by atoms with Crippen LogP contribution in [0.15, 0.2) is 71.8 Å². The second kappa shape index (κ2) is 11.4. The quantitative estimate of drug-likeness (QED) is 0.223. The topological polar surface area (TPSA) is 86.2 Å². The van der Waals surface area contributed by atoms with Crippen LogP contribution in [0.25, 0.3) is 0 Å². The van der Waals surface area contributed by atoms with Gasteiger partial charge in [0.15, 0.2) is 11.5 Å². The molecule has 170 valence electrons. The van der Waals surface area contributed by atoms with E-state index in [-0.39, 0.29) is 11.3 Å². The summed E-state index contributed by atoms with van der Waals surface area (Å²) in [7, 11) is 1.45. The number of halogens is 1. The minimum Gasteiger partial charge on any atom is -0.494 e. The molecule has 33 heavy (non-hydrogen) atoms. The fraction of sp³-hybridized carbons (Fsp3) is 0.160.